The summed E-state index contributed by atoms with van der Waals surface area (Å²) >= 11 is 0. The third kappa shape index (κ3) is 6.39. The first-order valence-corrected chi connectivity index (χ1v) is 10.5. The van der Waals surface area contributed by atoms with Gasteiger partial charge in [-0.2, -0.15) is 18.2 Å². The zero-order valence-corrected chi connectivity index (χ0v) is 18.5. The van der Waals surface area contributed by atoms with Crippen LogP contribution in [-0.4, -0.2) is 55.4 Å². The standard InChI is InChI=1S/C19H22N6O2.C2HF3O2/c1-3-16-22-15(11-18(26)23-16)13-5-8-25(9-6-13)17-10-14(4-7-20-17)19-21-12(2)24-27-19;3-2(4,5)1(6)7/h4,7,10-11,13H,3,5-6,8-9H2,1-2H3,(H,22,23,26);(H,6,7). The van der Waals surface area contributed by atoms with E-state index in [1.165, 1.54) is 0 Å². The van der Waals surface area contributed by atoms with Gasteiger partial charge in [0, 0.05) is 43.3 Å². The molecule has 1 fully saturated rings. The number of aromatic amines is 1. The number of H-pyrrole nitrogens is 1. The molecule has 13 heteroatoms. The van der Waals surface area contributed by atoms with Crippen LogP contribution >= 0.6 is 0 Å². The lowest BCUT2D eigenvalue weighted by Crippen LogP contribution is -2.34. The summed E-state index contributed by atoms with van der Waals surface area (Å²) in [6.45, 7) is 5.51. The van der Waals surface area contributed by atoms with E-state index in [0.29, 0.717) is 17.6 Å². The maximum Gasteiger partial charge on any atom is 0.490 e. The normalized spacial score (nSPS) is 14.4. The highest BCUT2D eigenvalue weighted by atomic mass is 19.4. The van der Waals surface area contributed by atoms with Crippen molar-refractivity contribution in [1.82, 2.24) is 25.1 Å². The van der Waals surface area contributed by atoms with Crippen LogP contribution in [0.2, 0.25) is 0 Å². The molecule has 0 atom stereocenters. The summed E-state index contributed by atoms with van der Waals surface area (Å²) in [6.07, 6.45) is -0.716. The van der Waals surface area contributed by atoms with E-state index in [2.05, 4.69) is 30.0 Å². The summed E-state index contributed by atoms with van der Waals surface area (Å²) < 4.78 is 37.0. The van der Waals surface area contributed by atoms with E-state index < -0.39 is 12.1 Å². The highest BCUT2D eigenvalue weighted by Gasteiger charge is 2.38. The number of hydrogen-bond acceptors (Lipinski definition) is 8. The molecule has 2 N–H and O–H groups in total. The first kappa shape index (κ1) is 24.9. The quantitative estimate of drug-likeness (QED) is 0.577. The van der Waals surface area contributed by atoms with Crippen molar-refractivity contribution in [3.8, 4) is 11.5 Å². The molecule has 0 amide bonds. The van der Waals surface area contributed by atoms with Crippen LogP contribution < -0.4 is 10.5 Å². The predicted octanol–water partition coefficient (Wildman–Crippen LogP) is 3.10. The molecule has 4 rings (SSSR count). The van der Waals surface area contributed by atoms with Gasteiger partial charge in [0.15, 0.2) is 5.82 Å². The summed E-state index contributed by atoms with van der Waals surface area (Å²) in [5.74, 6) is 0.314. The lowest BCUT2D eigenvalue weighted by molar-refractivity contribution is -0.192. The lowest BCUT2D eigenvalue weighted by atomic mass is 9.93. The number of piperidine rings is 1. The monoisotopic (exact) mass is 480 g/mol. The summed E-state index contributed by atoms with van der Waals surface area (Å²) in [6, 6.07) is 5.49. The molecule has 0 aromatic carbocycles. The molecule has 0 radical (unpaired) electrons. The van der Waals surface area contributed by atoms with Gasteiger partial charge in [0.2, 0.25) is 0 Å². The minimum absolute atomic E-state index is 0.0662. The number of alkyl halides is 3. The van der Waals surface area contributed by atoms with Crippen LogP contribution in [0.3, 0.4) is 0 Å². The topological polar surface area (TPSA) is 138 Å². The molecule has 10 nitrogen and oxygen atoms in total. The fourth-order valence-corrected chi connectivity index (χ4v) is 3.45. The summed E-state index contributed by atoms with van der Waals surface area (Å²) in [5, 5.41) is 11.0. The number of hydrogen-bond donors (Lipinski definition) is 2. The second kappa shape index (κ2) is 10.4. The van der Waals surface area contributed by atoms with Gasteiger partial charge in [-0.25, -0.2) is 14.8 Å². The van der Waals surface area contributed by atoms with Gasteiger partial charge in [-0.3, -0.25) is 4.79 Å². The van der Waals surface area contributed by atoms with Crippen molar-refractivity contribution in [2.75, 3.05) is 18.0 Å². The maximum atomic E-state index is 11.8. The van der Waals surface area contributed by atoms with Crippen LogP contribution in [-0.2, 0) is 11.2 Å². The molecule has 0 unspecified atom stereocenters. The Bertz CT molecular complexity index is 1190. The average Bonchev–Trinajstić information content (AvgIpc) is 3.25. The van der Waals surface area contributed by atoms with Gasteiger partial charge in [-0.1, -0.05) is 12.1 Å². The Morgan fingerprint density at radius 1 is 1.26 bits per heavy atom. The molecule has 3 aromatic rings. The molecule has 0 saturated carbocycles. The maximum absolute atomic E-state index is 11.8. The Kier molecular flexibility index (Phi) is 7.64. The highest BCUT2D eigenvalue weighted by Crippen LogP contribution is 2.29. The predicted molar refractivity (Wildman–Crippen MR) is 114 cm³/mol. The molecule has 1 aliphatic rings. The molecular weight excluding hydrogens is 457 g/mol. The number of pyridine rings is 1. The Hall–Kier alpha value is -3.77. The minimum Gasteiger partial charge on any atom is -0.475 e. The lowest BCUT2D eigenvalue weighted by Gasteiger charge is -2.32. The van der Waals surface area contributed by atoms with Gasteiger partial charge in [0.25, 0.3) is 11.4 Å². The summed E-state index contributed by atoms with van der Waals surface area (Å²) in [4.78, 5) is 39.2. The number of aryl methyl sites for hydroxylation is 2. The number of carboxylic acids is 1. The van der Waals surface area contributed by atoms with Crippen molar-refractivity contribution < 1.29 is 27.6 Å². The molecule has 0 aliphatic carbocycles. The molecule has 0 bridgehead atoms. The Morgan fingerprint density at radius 3 is 2.50 bits per heavy atom. The Morgan fingerprint density at radius 2 is 1.94 bits per heavy atom. The molecular formula is C21H23F3N6O4. The van der Waals surface area contributed by atoms with Crippen LogP contribution in [0.4, 0.5) is 19.0 Å². The zero-order valence-electron chi connectivity index (χ0n) is 18.5. The number of halogens is 3. The fraction of sp³-hybridized carbons (Fsp3) is 0.429. The molecule has 1 saturated heterocycles. The smallest absolute Gasteiger partial charge is 0.475 e. The van der Waals surface area contributed by atoms with E-state index in [1.54, 1.807) is 19.2 Å². The highest BCUT2D eigenvalue weighted by molar-refractivity contribution is 5.73. The van der Waals surface area contributed by atoms with E-state index >= 15 is 0 Å². The van der Waals surface area contributed by atoms with Crippen molar-refractivity contribution >= 4 is 11.8 Å². The summed E-state index contributed by atoms with van der Waals surface area (Å²) in [7, 11) is 0. The van der Waals surface area contributed by atoms with Gasteiger partial charge in [-0.05, 0) is 31.9 Å². The van der Waals surface area contributed by atoms with Crippen LogP contribution in [0.5, 0.6) is 0 Å². The zero-order chi connectivity index (χ0) is 24.9. The number of aliphatic carboxylic acids is 1. The van der Waals surface area contributed by atoms with Crippen LogP contribution in [0.25, 0.3) is 11.5 Å². The first-order chi connectivity index (χ1) is 16.1. The van der Waals surface area contributed by atoms with Crippen molar-refractivity contribution in [3.63, 3.8) is 0 Å². The van der Waals surface area contributed by atoms with Crippen molar-refractivity contribution in [2.45, 2.75) is 45.2 Å². The van der Waals surface area contributed by atoms with E-state index in [9.17, 15) is 18.0 Å². The minimum atomic E-state index is -5.08. The van der Waals surface area contributed by atoms with E-state index in [0.717, 1.165) is 55.3 Å². The molecule has 1 aliphatic heterocycles. The third-order valence-electron chi connectivity index (χ3n) is 5.15. The number of anilines is 1. The Balaban J connectivity index is 0.000000406. The van der Waals surface area contributed by atoms with E-state index in [1.807, 2.05) is 19.1 Å². The molecule has 182 valence electrons. The molecule has 3 aromatic heterocycles. The second-order valence-electron chi connectivity index (χ2n) is 7.58. The second-order valence-corrected chi connectivity index (χ2v) is 7.58. The molecule has 34 heavy (non-hydrogen) atoms. The van der Waals surface area contributed by atoms with Gasteiger partial charge in [-0.15, -0.1) is 0 Å². The number of carbonyl (C=O) groups is 1. The first-order valence-electron chi connectivity index (χ1n) is 10.5. The SMILES string of the molecule is CCc1nc(C2CCN(c3cc(-c4nc(C)no4)ccn3)CC2)cc(=O)[nH]1.O=C(O)C(F)(F)F. The largest absolute Gasteiger partial charge is 0.490 e. The third-order valence-corrected chi connectivity index (χ3v) is 5.15. The van der Waals surface area contributed by atoms with Gasteiger partial charge >= 0.3 is 12.1 Å². The number of carboxylic acid groups (broad SMARTS) is 1. The van der Waals surface area contributed by atoms with Crippen LogP contribution in [0.1, 0.15) is 43.0 Å². The molecule has 4 heterocycles. The Labute approximate surface area is 191 Å². The number of nitrogens with zero attached hydrogens (tertiary/aromatic N) is 5. The van der Waals surface area contributed by atoms with Gasteiger partial charge in [0.1, 0.15) is 11.6 Å². The average molecular weight is 480 g/mol. The number of aromatic nitrogens is 5. The van der Waals surface area contributed by atoms with Crippen LogP contribution in [0.15, 0.2) is 33.7 Å². The number of nitrogens with one attached hydrogen (secondary N) is 1. The van der Waals surface area contributed by atoms with E-state index in [-0.39, 0.29) is 5.56 Å². The van der Waals surface area contributed by atoms with E-state index in [4.69, 9.17) is 14.4 Å². The van der Waals surface area contributed by atoms with Crippen LogP contribution in [0, 0.1) is 6.92 Å². The van der Waals surface area contributed by atoms with Crippen molar-refractivity contribution in [2.24, 2.45) is 0 Å². The molecule has 0 spiro atoms. The van der Waals surface area contributed by atoms with Gasteiger partial charge in [0.05, 0.1) is 5.69 Å². The van der Waals surface area contributed by atoms with Gasteiger partial charge < -0.3 is 19.5 Å². The summed E-state index contributed by atoms with van der Waals surface area (Å²) in [5.41, 5.74) is 1.70. The van der Waals surface area contributed by atoms with Crippen molar-refractivity contribution in [3.05, 3.63) is 52.1 Å². The van der Waals surface area contributed by atoms with Crippen molar-refractivity contribution in [1.29, 1.82) is 0 Å². The number of rotatable bonds is 4. The fourth-order valence-electron chi connectivity index (χ4n) is 3.45.